The van der Waals surface area contributed by atoms with Crippen LogP contribution in [-0.4, -0.2) is 24.5 Å². The second-order valence-electron chi connectivity index (χ2n) is 5.22. The monoisotopic (exact) mass is 456 g/mol. The molecule has 0 atom stereocenters. The van der Waals surface area contributed by atoms with E-state index in [1.165, 1.54) is 4.88 Å². The van der Waals surface area contributed by atoms with Crippen LogP contribution >= 0.6 is 35.3 Å². The van der Waals surface area contributed by atoms with Crippen molar-refractivity contribution in [1.29, 1.82) is 0 Å². The van der Waals surface area contributed by atoms with Crippen LogP contribution in [0.15, 0.2) is 45.9 Å². The van der Waals surface area contributed by atoms with E-state index < -0.39 is 0 Å². The minimum atomic E-state index is 0. The topological polar surface area (TPSA) is 62.5 Å². The summed E-state index contributed by atoms with van der Waals surface area (Å²) in [4.78, 5) is 9.83. The van der Waals surface area contributed by atoms with Crippen LogP contribution in [0.3, 0.4) is 0 Å². The van der Waals surface area contributed by atoms with Crippen LogP contribution < -0.4 is 10.6 Å². The molecular formula is C17H21IN4OS. The van der Waals surface area contributed by atoms with Crippen molar-refractivity contribution >= 4 is 52.2 Å². The molecule has 0 radical (unpaired) electrons. The van der Waals surface area contributed by atoms with Gasteiger partial charge in [-0.25, -0.2) is 4.98 Å². The summed E-state index contributed by atoms with van der Waals surface area (Å²) in [7, 11) is 1.77. The van der Waals surface area contributed by atoms with E-state index in [1.807, 2.05) is 36.5 Å². The average Bonchev–Trinajstić information content (AvgIpc) is 3.16. The van der Waals surface area contributed by atoms with Gasteiger partial charge < -0.3 is 15.1 Å². The zero-order valence-electron chi connectivity index (χ0n) is 13.7. The third-order valence-electron chi connectivity index (χ3n) is 3.43. The van der Waals surface area contributed by atoms with Gasteiger partial charge in [0, 0.05) is 36.5 Å². The largest absolute Gasteiger partial charge is 0.459 e. The minimum absolute atomic E-state index is 0. The Balaban J connectivity index is 0.00000208. The number of aliphatic imine (C=N–C) groups is 1. The van der Waals surface area contributed by atoms with Crippen LogP contribution in [0.2, 0.25) is 0 Å². The predicted octanol–water partition coefficient (Wildman–Crippen LogP) is 3.72. The first-order valence-corrected chi connectivity index (χ1v) is 8.39. The number of aryl methyl sites for hydroxylation is 1. The fraction of sp³-hybridized carbons (Fsp3) is 0.294. The van der Waals surface area contributed by atoms with E-state index in [-0.39, 0.29) is 24.0 Å². The molecule has 0 unspecified atom stereocenters. The van der Waals surface area contributed by atoms with Gasteiger partial charge in [-0.05, 0) is 19.1 Å². The molecule has 128 valence electrons. The zero-order chi connectivity index (χ0) is 16.1. The van der Waals surface area contributed by atoms with Crippen molar-refractivity contribution in [1.82, 2.24) is 15.6 Å². The van der Waals surface area contributed by atoms with Gasteiger partial charge in [-0.15, -0.1) is 35.3 Å². The number of rotatable bonds is 5. The third-order valence-corrected chi connectivity index (χ3v) is 4.40. The van der Waals surface area contributed by atoms with E-state index in [4.69, 9.17) is 4.42 Å². The molecule has 7 heteroatoms. The summed E-state index contributed by atoms with van der Waals surface area (Å²) in [6.07, 6.45) is 2.80. The van der Waals surface area contributed by atoms with Crippen LogP contribution in [0.1, 0.15) is 15.6 Å². The van der Waals surface area contributed by atoms with E-state index in [0.29, 0.717) is 6.54 Å². The number of aromatic nitrogens is 1. The molecule has 0 spiro atoms. The fourth-order valence-electron chi connectivity index (χ4n) is 2.32. The molecule has 2 N–H and O–H groups in total. The Hall–Kier alpha value is -1.61. The maximum atomic E-state index is 5.79. The molecular weight excluding hydrogens is 435 g/mol. The lowest BCUT2D eigenvalue weighted by Crippen LogP contribution is -2.37. The molecule has 0 aliphatic heterocycles. The van der Waals surface area contributed by atoms with Crippen molar-refractivity contribution < 1.29 is 4.42 Å². The number of furan rings is 1. The first kappa shape index (κ1) is 18.7. The standard InChI is InChI=1S/C17H20N4OS.HI/c1-12-10-20-16(23-12)7-8-19-17(18-2)21-11-14-9-13-5-3-4-6-15(13)22-14;/h3-6,9-10H,7-8,11H2,1-2H3,(H2,18,19,21);1H. The first-order chi connectivity index (χ1) is 11.2. The zero-order valence-corrected chi connectivity index (χ0v) is 16.9. The van der Waals surface area contributed by atoms with Crippen LogP contribution in [0, 0.1) is 6.92 Å². The van der Waals surface area contributed by atoms with Crippen molar-refractivity contribution in [2.24, 2.45) is 4.99 Å². The van der Waals surface area contributed by atoms with Crippen molar-refractivity contribution in [3.05, 3.63) is 52.2 Å². The second kappa shape index (κ2) is 9.03. The lowest BCUT2D eigenvalue weighted by molar-refractivity contribution is 0.538. The van der Waals surface area contributed by atoms with Gasteiger partial charge in [0.15, 0.2) is 5.96 Å². The number of hydrogen-bond acceptors (Lipinski definition) is 4. The molecule has 0 amide bonds. The molecule has 3 aromatic rings. The number of halogens is 1. The third kappa shape index (κ3) is 4.94. The van der Waals surface area contributed by atoms with E-state index >= 15 is 0 Å². The summed E-state index contributed by atoms with van der Waals surface area (Å²) < 4.78 is 5.79. The van der Waals surface area contributed by atoms with Gasteiger partial charge in [0.25, 0.3) is 0 Å². The highest BCUT2D eigenvalue weighted by molar-refractivity contribution is 14.0. The Morgan fingerprint density at radius 2 is 2.12 bits per heavy atom. The summed E-state index contributed by atoms with van der Waals surface area (Å²) >= 11 is 1.73. The van der Waals surface area contributed by atoms with Gasteiger partial charge in [-0.3, -0.25) is 4.99 Å². The molecule has 5 nitrogen and oxygen atoms in total. The van der Waals surface area contributed by atoms with Crippen molar-refractivity contribution in [3.8, 4) is 0 Å². The summed E-state index contributed by atoms with van der Waals surface area (Å²) in [6, 6.07) is 10.1. The van der Waals surface area contributed by atoms with Gasteiger partial charge in [0.1, 0.15) is 11.3 Å². The number of nitrogens with zero attached hydrogens (tertiary/aromatic N) is 2. The Bertz CT molecular complexity index is 779. The van der Waals surface area contributed by atoms with Crippen LogP contribution in [-0.2, 0) is 13.0 Å². The lowest BCUT2D eigenvalue weighted by Gasteiger charge is -2.10. The SMILES string of the molecule is CN=C(NCCc1ncc(C)s1)NCc1cc2ccccc2o1.I. The number of fused-ring (bicyclic) bond motifs is 1. The van der Waals surface area contributed by atoms with E-state index in [9.17, 15) is 0 Å². The minimum Gasteiger partial charge on any atom is -0.459 e. The number of hydrogen-bond donors (Lipinski definition) is 2. The number of nitrogens with one attached hydrogen (secondary N) is 2. The van der Waals surface area contributed by atoms with E-state index in [0.717, 1.165) is 40.7 Å². The van der Waals surface area contributed by atoms with Crippen LogP contribution in [0.25, 0.3) is 11.0 Å². The maximum absolute atomic E-state index is 5.79. The van der Waals surface area contributed by atoms with Crippen molar-refractivity contribution in [2.75, 3.05) is 13.6 Å². The number of para-hydroxylation sites is 1. The van der Waals surface area contributed by atoms with Crippen molar-refractivity contribution in [2.45, 2.75) is 19.9 Å². The maximum Gasteiger partial charge on any atom is 0.191 e. The summed E-state index contributed by atoms with van der Waals surface area (Å²) in [5, 5.41) is 8.82. The molecule has 0 aliphatic carbocycles. The fourth-order valence-corrected chi connectivity index (χ4v) is 3.11. The molecule has 0 fully saturated rings. The van der Waals surface area contributed by atoms with Gasteiger partial charge in [-0.2, -0.15) is 0 Å². The highest BCUT2D eigenvalue weighted by atomic mass is 127. The molecule has 0 bridgehead atoms. The lowest BCUT2D eigenvalue weighted by atomic mass is 10.2. The molecule has 0 saturated carbocycles. The number of guanidine groups is 1. The highest BCUT2D eigenvalue weighted by Crippen LogP contribution is 2.18. The summed E-state index contributed by atoms with van der Waals surface area (Å²) in [5.74, 6) is 1.66. The Morgan fingerprint density at radius 1 is 1.29 bits per heavy atom. The highest BCUT2D eigenvalue weighted by Gasteiger charge is 2.05. The number of benzene rings is 1. The average molecular weight is 456 g/mol. The van der Waals surface area contributed by atoms with Crippen molar-refractivity contribution in [3.63, 3.8) is 0 Å². The predicted molar refractivity (Wildman–Crippen MR) is 110 cm³/mol. The quantitative estimate of drug-likeness (QED) is 0.349. The Labute approximate surface area is 162 Å². The smallest absolute Gasteiger partial charge is 0.191 e. The van der Waals surface area contributed by atoms with Gasteiger partial charge in [-0.1, -0.05) is 18.2 Å². The normalized spacial score (nSPS) is 11.3. The van der Waals surface area contributed by atoms with Gasteiger partial charge in [0.05, 0.1) is 11.6 Å². The molecule has 0 saturated heterocycles. The van der Waals surface area contributed by atoms with Crippen LogP contribution in [0.5, 0.6) is 0 Å². The Kier molecular flexibility index (Phi) is 7.04. The summed E-state index contributed by atoms with van der Waals surface area (Å²) in [6.45, 7) is 3.47. The van der Waals surface area contributed by atoms with E-state index in [2.05, 4.69) is 27.5 Å². The molecule has 1 aromatic carbocycles. The van der Waals surface area contributed by atoms with Gasteiger partial charge in [0.2, 0.25) is 0 Å². The Morgan fingerprint density at radius 3 is 2.83 bits per heavy atom. The molecule has 24 heavy (non-hydrogen) atoms. The molecule has 2 heterocycles. The van der Waals surface area contributed by atoms with Crippen LogP contribution in [0.4, 0.5) is 0 Å². The van der Waals surface area contributed by atoms with Gasteiger partial charge >= 0.3 is 0 Å². The second-order valence-corrected chi connectivity index (χ2v) is 6.54. The molecule has 3 rings (SSSR count). The van der Waals surface area contributed by atoms with E-state index in [1.54, 1.807) is 18.4 Å². The first-order valence-electron chi connectivity index (χ1n) is 7.58. The summed E-state index contributed by atoms with van der Waals surface area (Å²) in [5.41, 5.74) is 0.909. The molecule has 0 aliphatic rings. The number of thiazole rings is 1. The molecule has 2 aromatic heterocycles.